The summed E-state index contributed by atoms with van der Waals surface area (Å²) in [6, 6.07) is 3.94. The molecule has 3 N–H and O–H groups in total. The number of carboxylic acid groups (broad SMARTS) is 1. The van der Waals surface area contributed by atoms with Crippen LogP contribution in [0.1, 0.15) is 62.9 Å². The van der Waals surface area contributed by atoms with Gasteiger partial charge in [0, 0.05) is 25.2 Å². The largest absolute Gasteiger partial charge is 0.478 e. The second-order valence-corrected chi connectivity index (χ2v) is 8.94. The summed E-state index contributed by atoms with van der Waals surface area (Å²) in [4.78, 5) is 25.8. The Morgan fingerprint density at radius 2 is 2.00 bits per heavy atom. The van der Waals surface area contributed by atoms with Gasteiger partial charge in [0.05, 0.1) is 5.56 Å². The number of rotatable bonds is 7. The van der Waals surface area contributed by atoms with E-state index in [1.54, 1.807) is 6.07 Å². The Morgan fingerprint density at radius 1 is 1.31 bits per heavy atom. The number of ether oxygens (including phenoxy) is 1. The molecule has 0 saturated carbocycles. The van der Waals surface area contributed by atoms with Crippen molar-refractivity contribution in [1.82, 2.24) is 4.90 Å². The van der Waals surface area contributed by atoms with Gasteiger partial charge in [-0.1, -0.05) is 12.1 Å². The molecule has 1 aliphatic heterocycles. The molecule has 6 nitrogen and oxygen atoms in total. The molecule has 1 aromatic carbocycles. The maximum Gasteiger partial charge on any atom is 0.335 e. The van der Waals surface area contributed by atoms with Crippen LogP contribution in [0.25, 0.3) is 12.3 Å². The lowest BCUT2D eigenvalue weighted by molar-refractivity contribution is -0.155. The topological polar surface area (TPSA) is 92.9 Å². The zero-order valence-corrected chi connectivity index (χ0v) is 18.2. The van der Waals surface area contributed by atoms with E-state index in [9.17, 15) is 14.7 Å². The van der Waals surface area contributed by atoms with Crippen molar-refractivity contribution in [2.45, 2.75) is 65.5 Å². The Hall–Kier alpha value is -2.34. The Morgan fingerprint density at radius 3 is 2.59 bits per heavy atom. The summed E-state index contributed by atoms with van der Waals surface area (Å²) in [6.07, 6.45) is 6.05. The summed E-state index contributed by atoms with van der Waals surface area (Å²) < 4.78 is 5.40. The van der Waals surface area contributed by atoms with Crippen molar-refractivity contribution in [3.05, 3.63) is 33.7 Å². The summed E-state index contributed by atoms with van der Waals surface area (Å²) in [5, 5.41) is 11.4. The zero-order valence-electron chi connectivity index (χ0n) is 18.2. The molecule has 0 radical (unpaired) electrons. The van der Waals surface area contributed by atoms with Gasteiger partial charge in [-0.15, -0.1) is 0 Å². The zero-order chi connectivity index (χ0) is 21.8. The third-order valence-corrected chi connectivity index (χ3v) is 5.19. The molecule has 0 spiro atoms. The van der Waals surface area contributed by atoms with Gasteiger partial charge in [0.2, 0.25) is 0 Å². The number of esters is 1. The van der Waals surface area contributed by atoms with E-state index in [2.05, 4.69) is 17.9 Å². The molecule has 6 heteroatoms. The SMILES string of the molecule is Cc1cc2c(cc1C(=O)O)=CN(CC(CN)CCC(=O)OC(C)(C)C)C(C)CC=2. The van der Waals surface area contributed by atoms with E-state index < -0.39 is 11.6 Å². The standard InChI is InChI=1S/C23H34N2O4/c1-15-10-18-8-6-16(2)25(14-19(18)11-20(15)22(27)28)13-17(12-24)7-9-21(26)29-23(3,4)5/h8,10-11,14,16-17H,6-7,9,12-13,24H2,1-5H3,(H,27,28). The molecule has 1 aliphatic rings. The van der Waals surface area contributed by atoms with Gasteiger partial charge in [0.25, 0.3) is 0 Å². The molecular weight excluding hydrogens is 368 g/mol. The van der Waals surface area contributed by atoms with E-state index in [0.717, 1.165) is 22.4 Å². The number of carbonyl (C=O) groups excluding carboxylic acids is 1. The van der Waals surface area contributed by atoms with Gasteiger partial charge in [-0.25, -0.2) is 4.79 Å². The number of nitrogens with zero attached hydrogens (tertiary/aromatic N) is 1. The van der Waals surface area contributed by atoms with Crippen LogP contribution in [0, 0.1) is 12.8 Å². The van der Waals surface area contributed by atoms with E-state index in [1.165, 1.54) is 0 Å². The van der Waals surface area contributed by atoms with Crippen LogP contribution in [0.15, 0.2) is 12.1 Å². The molecule has 2 atom stereocenters. The summed E-state index contributed by atoms with van der Waals surface area (Å²) >= 11 is 0. The summed E-state index contributed by atoms with van der Waals surface area (Å²) in [5.41, 5.74) is 6.59. The Labute approximate surface area is 173 Å². The van der Waals surface area contributed by atoms with Gasteiger partial charge >= 0.3 is 11.9 Å². The molecule has 0 saturated heterocycles. The molecule has 2 unspecified atom stereocenters. The lowest BCUT2D eigenvalue weighted by atomic mass is 10.0. The first-order chi connectivity index (χ1) is 13.5. The molecule has 0 aliphatic carbocycles. The van der Waals surface area contributed by atoms with Crippen molar-refractivity contribution in [1.29, 1.82) is 0 Å². The third kappa shape index (κ3) is 6.60. The van der Waals surface area contributed by atoms with Crippen LogP contribution >= 0.6 is 0 Å². The van der Waals surface area contributed by atoms with Crippen LogP contribution in [0.4, 0.5) is 0 Å². The Bertz CT molecular complexity index is 870. The van der Waals surface area contributed by atoms with E-state index in [4.69, 9.17) is 10.5 Å². The molecule has 0 amide bonds. The maximum atomic E-state index is 12.0. The fourth-order valence-electron chi connectivity index (χ4n) is 3.53. The number of aryl methyl sites for hydroxylation is 1. The summed E-state index contributed by atoms with van der Waals surface area (Å²) in [6.45, 7) is 10.7. The molecule has 160 valence electrons. The Balaban J connectivity index is 2.18. The summed E-state index contributed by atoms with van der Waals surface area (Å²) in [7, 11) is 0. The minimum absolute atomic E-state index is 0.146. The molecule has 0 fully saturated rings. The predicted molar refractivity (Wildman–Crippen MR) is 115 cm³/mol. The van der Waals surface area contributed by atoms with Gasteiger partial charge in [0.1, 0.15) is 5.60 Å². The normalized spacial score (nSPS) is 17.4. The lowest BCUT2D eigenvalue weighted by Gasteiger charge is -2.30. The molecule has 0 bridgehead atoms. The third-order valence-electron chi connectivity index (χ3n) is 5.19. The van der Waals surface area contributed by atoms with Crippen molar-refractivity contribution in [3.8, 4) is 0 Å². The van der Waals surface area contributed by atoms with Crippen molar-refractivity contribution >= 4 is 24.2 Å². The molecule has 1 heterocycles. The van der Waals surface area contributed by atoms with Gasteiger partial charge in [0.15, 0.2) is 0 Å². The van der Waals surface area contributed by atoms with Crippen molar-refractivity contribution in [3.63, 3.8) is 0 Å². The van der Waals surface area contributed by atoms with Crippen LogP contribution in [-0.2, 0) is 9.53 Å². The second kappa shape index (κ2) is 9.44. The molecule has 2 rings (SSSR count). The quantitative estimate of drug-likeness (QED) is 0.678. The fraction of sp³-hybridized carbons (Fsp3) is 0.565. The lowest BCUT2D eigenvalue weighted by Crippen LogP contribution is -2.37. The number of nitrogens with two attached hydrogens (primary N) is 1. The van der Waals surface area contributed by atoms with Gasteiger partial charge in [-0.2, -0.15) is 0 Å². The van der Waals surface area contributed by atoms with Crippen molar-refractivity contribution < 1.29 is 19.4 Å². The molecule has 1 aromatic rings. The number of hydrogen-bond acceptors (Lipinski definition) is 5. The minimum atomic E-state index is -0.917. The number of fused-ring (bicyclic) bond motifs is 1. The highest BCUT2D eigenvalue weighted by molar-refractivity contribution is 5.89. The highest BCUT2D eigenvalue weighted by Gasteiger charge is 2.21. The maximum absolute atomic E-state index is 12.0. The highest BCUT2D eigenvalue weighted by Crippen LogP contribution is 2.16. The van der Waals surface area contributed by atoms with Crippen LogP contribution in [0.5, 0.6) is 0 Å². The van der Waals surface area contributed by atoms with Crippen LogP contribution in [0.2, 0.25) is 0 Å². The first kappa shape index (κ1) is 22.9. The number of hydrogen-bond donors (Lipinski definition) is 2. The first-order valence-electron chi connectivity index (χ1n) is 10.2. The number of carbonyl (C=O) groups is 2. The number of carboxylic acids is 1. The average Bonchev–Trinajstić information content (AvgIpc) is 2.75. The van der Waals surface area contributed by atoms with E-state index in [1.807, 2.05) is 40.0 Å². The highest BCUT2D eigenvalue weighted by atomic mass is 16.6. The molecule has 0 aromatic heterocycles. The molecular formula is C23H34N2O4. The van der Waals surface area contributed by atoms with Crippen molar-refractivity contribution in [2.75, 3.05) is 13.1 Å². The van der Waals surface area contributed by atoms with Gasteiger partial charge in [-0.3, -0.25) is 4.79 Å². The number of benzene rings is 1. The average molecular weight is 403 g/mol. The van der Waals surface area contributed by atoms with Crippen molar-refractivity contribution in [2.24, 2.45) is 11.7 Å². The van der Waals surface area contributed by atoms with E-state index in [-0.39, 0.29) is 17.9 Å². The van der Waals surface area contributed by atoms with Gasteiger partial charge < -0.3 is 20.5 Å². The van der Waals surface area contributed by atoms with E-state index in [0.29, 0.717) is 31.5 Å². The summed E-state index contributed by atoms with van der Waals surface area (Å²) in [5.74, 6) is -0.976. The fourth-order valence-corrected chi connectivity index (χ4v) is 3.53. The van der Waals surface area contributed by atoms with Gasteiger partial charge in [-0.05, 0) is 82.0 Å². The predicted octanol–water partition coefficient (Wildman–Crippen LogP) is 2.00. The second-order valence-electron chi connectivity index (χ2n) is 8.94. The van der Waals surface area contributed by atoms with Crippen LogP contribution < -0.4 is 16.2 Å². The van der Waals surface area contributed by atoms with Crippen LogP contribution in [0.3, 0.4) is 0 Å². The van der Waals surface area contributed by atoms with E-state index >= 15 is 0 Å². The minimum Gasteiger partial charge on any atom is -0.478 e. The van der Waals surface area contributed by atoms with Crippen LogP contribution in [-0.4, -0.2) is 46.7 Å². The first-order valence-corrected chi connectivity index (χ1v) is 10.2. The monoisotopic (exact) mass is 402 g/mol. The number of aromatic carboxylic acids is 1. The smallest absolute Gasteiger partial charge is 0.335 e. The molecule has 29 heavy (non-hydrogen) atoms. The Kier molecular flexibility index (Phi) is 7.47.